The van der Waals surface area contributed by atoms with E-state index in [0.717, 1.165) is 35.9 Å². The molecule has 2 aromatic rings. The van der Waals surface area contributed by atoms with Crippen molar-refractivity contribution >= 4 is 17.2 Å². The average molecular weight is 390 g/mol. The Bertz CT molecular complexity index is 785. The molecule has 1 aromatic heterocycles. The number of carbonyl (C=O) groups is 1. The van der Waals surface area contributed by atoms with Crippen LogP contribution in [-0.4, -0.2) is 43.1 Å². The minimum absolute atomic E-state index is 0.0790. The summed E-state index contributed by atoms with van der Waals surface area (Å²) in [5.41, 5.74) is 1.76. The smallest absolute Gasteiger partial charge is 0.263 e. The third-order valence-electron chi connectivity index (χ3n) is 4.76. The lowest BCUT2D eigenvalue weighted by Gasteiger charge is -2.25. The maximum atomic E-state index is 12.6. The molecule has 0 spiro atoms. The SMILES string of the molecule is COc1ccc(CNC(=O)c2sc(CN3CCCCC3)nc2C)cc1OC. The van der Waals surface area contributed by atoms with Crippen LogP contribution in [0.5, 0.6) is 11.5 Å². The molecule has 0 unspecified atom stereocenters. The van der Waals surface area contributed by atoms with Gasteiger partial charge in [-0.05, 0) is 50.6 Å². The van der Waals surface area contributed by atoms with E-state index >= 15 is 0 Å². The molecule has 0 saturated carbocycles. The summed E-state index contributed by atoms with van der Waals surface area (Å²) in [7, 11) is 3.21. The van der Waals surface area contributed by atoms with E-state index in [4.69, 9.17) is 9.47 Å². The molecule has 3 rings (SSSR count). The second-order valence-corrected chi connectivity index (χ2v) is 7.81. The molecule has 1 aliphatic rings. The van der Waals surface area contributed by atoms with Gasteiger partial charge in [-0.1, -0.05) is 12.5 Å². The van der Waals surface area contributed by atoms with E-state index in [0.29, 0.717) is 22.9 Å². The van der Waals surface area contributed by atoms with Crippen molar-refractivity contribution in [3.8, 4) is 11.5 Å². The molecule has 2 heterocycles. The first-order valence-corrected chi connectivity index (χ1v) is 10.1. The van der Waals surface area contributed by atoms with Gasteiger partial charge in [-0.3, -0.25) is 9.69 Å². The lowest BCUT2D eigenvalue weighted by molar-refractivity contribution is 0.0954. The quantitative estimate of drug-likeness (QED) is 0.786. The van der Waals surface area contributed by atoms with Crippen molar-refractivity contribution in [1.29, 1.82) is 0 Å². The first-order chi connectivity index (χ1) is 13.1. The first-order valence-electron chi connectivity index (χ1n) is 9.28. The number of methoxy groups -OCH3 is 2. The lowest BCUT2D eigenvalue weighted by atomic mass is 10.1. The van der Waals surface area contributed by atoms with Crippen LogP contribution in [0.1, 0.15) is 45.2 Å². The van der Waals surface area contributed by atoms with Crippen molar-refractivity contribution < 1.29 is 14.3 Å². The molecule has 1 saturated heterocycles. The predicted octanol–water partition coefficient (Wildman–Crippen LogP) is 3.38. The highest BCUT2D eigenvalue weighted by molar-refractivity contribution is 7.13. The Balaban J connectivity index is 1.61. The van der Waals surface area contributed by atoms with Gasteiger partial charge in [-0.2, -0.15) is 0 Å². The maximum absolute atomic E-state index is 12.6. The molecule has 0 aliphatic carbocycles. The largest absolute Gasteiger partial charge is 0.493 e. The summed E-state index contributed by atoms with van der Waals surface area (Å²) >= 11 is 1.50. The fourth-order valence-electron chi connectivity index (χ4n) is 3.29. The number of ether oxygens (including phenoxy) is 2. The van der Waals surface area contributed by atoms with Gasteiger partial charge in [-0.15, -0.1) is 11.3 Å². The fourth-order valence-corrected chi connectivity index (χ4v) is 4.32. The number of nitrogens with one attached hydrogen (secondary N) is 1. The average Bonchev–Trinajstić information content (AvgIpc) is 3.06. The summed E-state index contributed by atoms with van der Waals surface area (Å²) < 4.78 is 10.6. The molecule has 1 N–H and O–H groups in total. The highest BCUT2D eigenvalue weighted by Gasteiger charge is 2.18. The molecule has 0 bridgehead atoms. The van der Waals surface area contributed by atoms with Crippen LogP contribution in [0, 0.1) is 6.92 Å². The minimum atomic E-state index is -0.0790. The molecule has 1 fully saturated rings. The van der Waals surface area contributed by atoms with Crippen LogP contribution in [0.15, 0.2) is 18.2 Å². The third-order valence-corrected chi connectivity index (χ3v) is 5.90. The van der Waals surface area contributed by atoms with Gasteiger partial charge in [0.05, 0.1) is 26.5 Å². The number of aromatic nitrogens is 1. The van der Waals surface area contributed by atoms with Gasteiger partial charge in [0.1, 0.15) is 9.88 Å². The monoisotopic (exact) mass is 389 g/mol. The molecular formula is C20H27N3O3S. The molecule has 1 aromatic carbocycles. The summed E-state index contributed by atoms with van der Waals surface area (Å²) in [5, 5.41) is 4.00. The van der Waals surface area contributed by atoms with Gasteiger partial charge in [0.2, 0.25) is 0 Å². The molecule has 0 radical (unpaired) electrons. The first kappa shape index (κ1) is 19.6. The van der Waals surface area contributed by atoms with Crippen molar-refractivity contribution in [3.63, 3.8) is 0 Å². The Hall–Kier alpha value is -2.12. The van der Waals surface area contributed by atoms with Gasteiger partial charge in [0, 0.05) is 6.54 Å². The van der Waals surface area contributed by atoms with Crippen LogP contribution >= 0.6 is 11.3 Å². The Morgan fingerprint density at radius 3 is 2.63 bits per heavy atom. The number of nitrogens with zero attached hydrogens (tertiary/aromatic N) is 2. The van der Waals surface area contributed by atoms with E-state index in [-0.39, 0.29) is 5.91 Å². The molecule has 146 valence electrons. The number of amides is 1. The number of likely N-dealkylation sites (tertiary alicyclic amines) is 1. The predicted molar refractivity (Wildman–Crippen MR) is 107 cm³/mol. The second-order valence-electron chi connectivity index (χ2n) is 6.73. The normalized spacial score (nSPS) is 14.8. The van der Waals surface area contributed by atoms with E-state index in [1.54, 1.807) is 14.2 Å². The molecule has 1 aliphatic heterocycles. The topological polar surface area (TPSA) is 63.7 Å². The molecule has 1 amide bonds. The standard InChI is InChI=1S/C20H27N3O3S/c1-14-19(27-18(22-14)13-23-9-5-4-6-10-23)20(24)21-12-15-7-8-16(25-2)17(11-15)26-3/h7-8,11H,4-6,9-10,12-13H2,1-3H3,(H,21,24). The molecular weight excluding hydrogens is 362 g/mol. The van der Waals surface area contributed by atoms with Crippen LogP contribution in [0.3, 0.4) is 0 Å². The van der Waals surface area contributed by atoms with Crippen molar-refractivity contribution in [2.24, 2.45) is 0 Å². The van der Waals surface area contributed by atoms with E-state index in [2.05, 4.69) is 15.2 Å². The Kier molecular flexibility index (Phi) is 6.68. The number of hydrogen-bond acceptors (Lipinski definition) is 6. The number of piperidine rings is 1. The highest BCUT2D eigenvalue weighted by atomic mass is 32.1. The number of thiazole rings is 1. The van der Waals surface area contributed by atoms with Gasteiger partial charge in [-0.25, -0.2) is 4.98 Å². The molecule has 27 heavy (non-hydrogen) atoms. The van der Waals surface area contributed by atoms with Crippen molar-refractivity contribution in [2.45, 2.75) is 39.3 Å². The Labute approximate surface area is 164 Å². The molecule has 6 nitrogen and oxygen atoms in total. The van der Waals surface area contributed by atoms with Gasteiger partial charge in [0.25, 0.3) is 5.91 Å². The van der Waals surface area contributed by atoms with Crippen LogP contribution in [-0.2, 0) is 13.1 Å². The number of carbonyl (C=O) groups excluding carboxylic acids is 1. The zero-order valence-electron chi connectivity index (χ0n) is 16.2. The Morgan fingerprint density at radius 1 is 1.19 bits per heavy atom. The number of hydrogen-bond donors (Lipinski definition) is 1. The summed E-state index contributed by atoms with van der Waals surface area (Å²) in [6.45, 7) is 5.42. The van der Waals surface area contributed by atoms with Crippen molar-refractivity contribution in [3.05, 3.63) is 39.3 Å². The van der Waals surface area contributed by atoms with E-state index < -0.39 is 0 Å². The maximum Gasteiger partial charge on any atom is 0.263 e. The zero-order chi connectivity index (χ0) is 19.2. The van der Waals surface area contributed by atoms with Gasteiger partial charge < -0.3 is 14.8 Å². The van der Waals surface area contributed by atoms with E-state index in [9.17, 15) is 4.79 Å². The second kappa shape index (κ2) is 9.19. The van der Waals surface area contributed by atoms with Crippen molar-refractivity contribution in [1.82, 2.24) is 15.2 Å². The lowest BCUT2D eigenvalue weighted by Crippen LogP contribution is -2.29. The third kappa shape index (κ3) is 4.99. The Morgan fingerprint density at radius 2 is 1.93 bits per heavy atom. The van der Waals surface area contributed by atoms with Gasteiger partial charge >= 0.3 is 0 Å². The molecule has 7 heteroatoms. The summed E-state index contributed by atoms with van der Waals surface area (Å²) in [6, 6.07) is 5.64. The van der Waals surface area contributed by atoms with Crippen LogP contribution in [0.25, 0.3) is 0 Å². The van der Waals surface area contributed by atoms with Crippen LogP contribution in [0.4, 0.5) is 0 Å². The fraction of sp³-hybridized carbons (Fsp3) is 0.500. The number of benzene rings is 1. The van der Waals surface area contributed by atoms with Crippen LogP contribution in [0.2, 0.25) is 0 Å². The zero-order valence-corrected chi connectivity index (χ0v) is 17.0. The van der Waals surface area contributed by atoms with Crippen LogP contribution < -0.4 is 14.8 Å². The van der Waals surface area contributed by atoms with E-state index in [1.807, 2.05) is 25.1 Å². The summed E-state index contributed by atoms with van der Waals surface area (Å²) in [6.07, 6.45) is 3.82. The molecule has 0 atom stereocenters. The number of rotatable bonds is 7. The van der Waals surface area contributed by atoms with Gasteiger partial charge in [0.15, 0.2) is 11.5 Å². The minimum Gasteiger partial charge on any atom is -0.493 e. The highest BCUT2D eigenvalue weighted by Crippen LogP contribution is 2.27. The van der Waals surface area contributed by atoms with E-state index in [1.165, 1.54) is 30.6 Å². The summed E-state index contributed by atoms with van der Waals surface area (Å²) in [5.74, 6) is 1.25. The number of aryl methyl sites for hydroxylation is 1. The van der Waals surface area contributed by atoms with Crippen molar-refractivity contribution in [2.75, 3.05) is 27.3 Å². The summed E-state index contributed by atoms with van der Waals surface area (Å²) in [4.78, 5) is 20.3.